The second-order valence-corrected chi connectivity index (χ2v) is 11.1. The maximum absolute atomic E-state index is 13.7. The highest BCUT2D eigenvalue weighted by Gasteiger charge is 2.23. The van der Waals surface area contributed by atoms with Crippen LogP contribution in [0.5, 0.6) is 0 Å². The molecule has 1 aromatic carbocycles. The molecule has 1 aliphatic rings. The number of hydrogen-bond acceptors (Lipinski definition) is 6. The van der Waals surface area contributed by atoms with Gasteiger partial charge in [0.1, 0.15) is 9.53 Å². The molecule has 8 heteroatoms. The van der Waals surface area contributed by atoms with Crippen molar-refractivity contribution >= 4 is 49.4 Å². The summed E-state index contributed by atoms with van der Waals surface area (Å²) in [4.78, 5) is 38.8. The number of amides is 1. The Kier molecular flexibility index (Phi) is 6.70. The Balaban J connectivity index is 1.51. The Morgan fingerprint density at radius 1 is 1.24 bits per heavy atom. The molecule has 1 aliphatic heterocycles. The fraction of sp³-hybridized carbons (Fsp3) is 0.385. The molecule has 1 amide bonds. The average Bonchev–Trinajstić information content (AvgIpc) is 3.24. The van der Waals surface area contributed by atoms with Crippen LogP contribution in [-0.4, -0.2) is 44.2 Å². The lowest BCUT2D eigenvalue weighted by Crippen LogP contribution is -2.40. The van der Waals surface area contributed by atoms with Crippen molar-refractivity contribution in [1.29, 1.82) is 0 Å². The molecule has 0 N–H and O–H groups in total. The van der Waals surface area contributed by atoms with Gasteiger partial charge in [-0.05, 0) is 42.4 Å². The molecule has 2 atom stereocenters. The SMILES string of the molecule is C[C@H]1CCCN(C(=O)CSc2nc3c(sc4ncccc43)c(=O)n2C[C@H](C)c2ccccc2)C1. The van der Waals surface area contributed by atoms with Crippen molar-refractivity contribution in [3.63, 3.8) is 0 Å². The second-order valence-electron chi connectivity index (χ2n) is 9.13. The van der Waals surface area contributed by atoms with E-state index in [1.165, 1.54) is 35.1 Å². The fourth-order valence-electron chi connectivity index (χ4n) is 4.61. The smallest absolute Gasteiger partial charge is 0.272 e. The molecular formula is C26H28N4O2S2. The Labute approximate surface area is 207 Å². The number of benzene rings is 1. The number of piperidine rings is 1. The summed E-state index contributed by atoms with van der Waals surface area (Å²) in [5, 5.41) is 1.49. The molecule has 0 unspecified atom stereocenters. The molecule has 6 nitrogen and oxygen atoms in total. The van der Waals surface area contributed by atoms with Crippen molar-refractivity contribution < 1.29 is 4.79 Å². The number of rotatable bonds is 6. The Hall–Kier alpha value is -2.71. The standard InChI is InChI=1S/C26H28N4O2S2/c1-17-8-7-13-29(14-17)21(31)16-33-26-28-22-20-11-6-12-27-24(20)34-23(22)25(32)30(26)15-18(2)19-9-4-3-5-10-19/h3-6,9-12,17-18H,7-8,13-16H2,1-2H3/t17-,18-/m0/s1. The monoisotopic (exact) mass is 492 g/mol. The van der Waals surface area contributed by atoms with Crippen LogP contribution in [-0.2, 0) is 11.3 Å². The van der Waals surface area contributed by atoms with Gasteiger partial charge in [-0.25, -0.2) is 9.97 Å². The zero-order valence-corrected chi connectivity index (χ0v) is 21.1. The topological polar surface area (TPSA) is 68.1 Å². The molecule has 3 aromatic heterocycles. The van der Waals surface area contributed by atoms with Crippen molar-refractivity contribution in [3.8, 4) is 0 Å². The van der Waals surface area contributed by atoms with E-state index in [4.69, 9.17) is 4.98 Å². The van der Waals surface area contributed by atoms with Gasteiger partial charge in [0.2, 0.25) is 5.91 Å². The average molecular weight is 493 g/mol. The van der Waals surface area contributed by atoms with Gasteiger partial charge in [0.15, 0.2) is 5.16 Å². The quantitative estimate of drug-likeness (QED) is 0.275. The van der Waals surface area contributed by atoms with E-state index >= 15 is 0 Å². The minimum atomic E-state index is -0.0580. The summed E-state index contributed by atoms with van der Waals surface area (Å²) >= 11 is 2.76. The summed E-state index contributed by atoms with van der Waals surface area (Å²) in [6.07, 6.45) is 3.96. The third kappa shape index (κ3) is 4.61. The van der Waals surface area contributed by atoms with Crippen LogP contribution in [0.25, 0.3) is 20.4 Å². The van der Waals surface area contributed by atoms with Gasteiger partial charge in [0.05, 0.1) is 11.3 Å². The van der Waals surface area contributed by atoms with E-state index in [0.717, 1.165) is 29.7 Å². The van der Waals surface area contributed by atoms with Crippen LogP contribution >= 0.6 is 23.1 Å². The molecule has 4 aromatic rings. The predicted molar refractivity (Wildman–Crippen MR) is 140 cm³/mol. The number of aromatic nitrogens is 3. The third-order valence-electron chi connectivity index (χ3n) is 6.48. The highest BCUT2D eigenvalue weighted by Crippen LogP contribution is 2.31. The van der Waals surface area contributed by atoms with Crippen LogP contribution in [0.15, 0.2) is 58.6 Å². The van der Waals surface area contributed by atoms with Crippen LogP contribution in [0.3, 0.4) is 0 Å². The number of thioether (sulfide) groups is 1. The summed E-state index contributed by atoms with van der Waals surface area (Å²) in [6.45, 7) is 6.44. The van der Waals surface area contributed by atoms with Gasteiger partial charge in [-0.1, -0.05) is 55.9 Å². The van der Waals surface area contributed by atoms with Crippen molar-refractivity contribution in [3.05, 3.63) is 64.6 Å². The lowest BCUT2D eigenvalue weighted by atomic mass is 10.0. The number of pyridine rings is 1. The molecule has 0 bridgehead atoms. The lowest BCUT2D eigenvalue weighted by Gasteiger charge is -2.30. The summed E-state index contributed by atoms with van der Waals surface area (Å²) < 4.78 is 2.38. The van der Waals surface area contributed by atoms with Gasteiger partial charge in [-0.2, -0.15) is 0 Å². The first-order valence-corrected chi connectivity index (χ1v) is 13.5. The van der Waals surface area contributed by atoms with Gasteiger partial charge < -0.3 is 4.90 Å². The minimum Gasteiger partial charge on any atom is -0.342 e. The molecule has 0 saturated carbocycles. The number of carbonyl (C=O) groups excluding carboxylic acids is 1. The number of fused-ring (bicyclic) bond motifs is 3. The summed E-state index contributed by atoms with van der Waals surface area (Å²) in [5.41, 5.74) is 1.79. The first-order chi connectivity index (χ1) is 16.5. The Bertz CT molecular complexity index is 1380. The maximum atomic E-state index is 13.7. The number of carbonyl (C=O) groups is 1. The fourth-order valence-corrected chi connectivity index (χ4v) is 6.54. The van der Waals surface area contributed by atoms with E-state index in [-0.39, 0.29) is 23.1 Å². The highest BCUT2D eigenvalue weighted by molar-refractivity contribution is 7.99. The van der Waals surface area contributed by atoms with Crippen LogP contribution < -0.4 is 5.56 Å². The van der Waals surface area contributed by atoms with Crippen LogP contribution in [0.4, 0.5) is 0 Å². The van der Waals surface area contributed by atoms with E-state index in [1.54, 1.807) is 10.8 Å². The van der Waals surface area contributed by atoms with E-state index in [9.17, 15) is 9.59 Å². The molecule has 1 saturated heterocycles. The molecular weight excluding hydrogens is 464 g/mol. The Morgan fingerprint density at radius 3 is 2.85 bits per heavy atom. The molecule has 34 heavy (non-hydrogen) atoms. The number of nitrogens with zero attached hydrogens (tertiary/aromatic N) is 4. The minimum absolute atomic E-state index is 0.0580. The highest BCUT2D eigenvalue weighted by atomic mass is 32.2. The van der Waals surface area contributed by atoms with Crippen LogP contribution in [0, 0.1) is 5.92 Å². The van der Waals surface area contributed by atoms with Crippen LogP contribution in [0.1, 0.15) is 38.2 Å². The first-order valence-electron chi connectivity index (χ1n) is 11.7. The van der Waals surface area contributed by atoms with Gasteiger partial charge in [0.25, 0.3) is 5.56 Å². The molecule has 1 fully saturated rings. The summed E-state index contributed by atoms with van der Waals surface area (Å²) in [5.74, 6) is 1.06. The van der Waals surface area contributed by atoms with E-state index in [0.29, 0.717) is 27.8 Å². The van der Waals surface area contributed by atoms with Crippen molar-refractivity contribution in [2.24, 2.45) is 5.92 Å². The maximum Gasteiger partial charge on any atom is 0.272 e. The lowest BCUT2D eigenvalue weighted by molar-refractivity contribution is -0.130. The van der Waals surface area contributed by atoms with E-state index in [1.807, 2.05) is 35.2 Å². The van der Waals surface area contributed by atoms with E-state index < -0.39 is 0 Å². The molecule has 176 valence electrons. The molecule has 0 radical (unpaired) electrons. The third-order valence-corrected chi connectivity index (χ3v) is 8.53. The number of thiophene rings is 1. The molecule has 5 rings (SSSR count). The molecule has 0 aliphatic carbocycles. The molecule has 0 spiro atoms. The van der Waals surface area contributed by atoms with E-state index in [2.05, 4.69) is 31.0 Å². The summed E-state index contributed by atoms with van der Waals surface area (Å²) in [7, 11) is 0. The van der Waals surface area contributed by atoms with Gasteiger partial charge in [-0.3, -0.25) is 14.2 Å². The van der Waals surface area contributed by atoms with Crippen molar-refractivity contribution in [2.75, 3.05) is 18.8 Å². The number of likely N-dealkylation sites (tertiary alicyclic amines) is 1. The van der Waals surface area contributed by atoms with Gasteiger partial charge in [0, 0.05) is 31.2 Å². The largest absolute Gasteiger partial charge is 0.342 e. The van der Waals surface area contributed by atoms with Gasteiger partial charge in [-0.15, -0.1) is 11.3 Å². The zero-order valence-electron chi connectivity index (χ0n) is 19.4. The Morgan fingerprint density at radius 2 is 2.06 bits per heavy atom. The zero-order chi connectivity index (χ0) is 23.7. The van der Waals surface area contributed by atoms with Crippen molar-refractivity contribution in [1.82, 2.24) is 19.4 Å². The number of hydrogen-bond donors (Lipinski definition) is 0. The van der Waals surface area contributed by atoms with Crippen LogP contribution in [0.2, 0.25) is 0 Å². The van der Waals surface area contributed by atoms with Crippen molar-refractivity contribution in [2.45, 2.75) is 44.3 Å². The van der Waals surface area contributed by atoms with Gasteiger partial charge >= 0.3 is 0 Å². The normalized spacial score (nSPS) is 17.4. The summed E-state index contributed by atoms with van der Waals surface area (Å²) in [6, 6.07) is 14.0. The second kappa shape index (κ2) is 9.88. The predicted octanol–water partition coefficient (Wildman–Crippen LogP) is 5.16. The molecule has 4 heterocycles. The first kappa shape index (κ1) is 23.1.